The van der Waals surface area contributed by atoms with Gasteiger partial charge in [0.15, 0.2) is 0 Å². The highest BCUT2D eigenvalue weighted by Gasteiger charge is 2.03. The van der Waals surface area contributed by atoms with Crippen molar-refractivity contribution >= 4 is 11.8 Å². The lowest BCUT2D eigenvalue weighted by Crippen LogP contribution is -1.88. The third-order valence-electron chi connectivity index (χ3n) is 3.12. The van der Waals surface area contributed by atoms with Crippen LogP contribution in [0.2, 0.25) is 0 Å². The average molecular weight is 269 g/mol. The van der Waals surface area contributed by atoms with Crippen molar-refractivity contribution in [3.8, 4) is 5.75 Å². The molecule has 0 heterocycles. The van der Waals surface area contributed by atoms with Gasteiger partial charge in [-0.05, 0) is 42.7 Å². The fourth-order valence-electron chi connectivity index (χ4n) is 1.97. The lowest BCUT2D eigenvalue weighted by atomic mass is 10.0. The second-order valence-electron chi connectivity index (χ2n) is 4.53. The predicted octanol–water partition coefficient (Wildman–Crippen LogP) is 3.86. The number of nitro benzene ring substituents is 1. The minimum atomic E-state index is -0.418. The molecule has 0 aromatic heterocycles. The Bertz CT molecular complexity index is 625. The lowest BCUT2D eigenvalue weighted by molar-refractivity contribution is -0.384. The summed E-state index contributed by atoms with van der Waals surface area (Å²) in [5.74, 6) is 0.290. The number of aryl methyl sites for hydroxylation is 1. The van der Waals surface area contributed by atoms with Crippen LogP contribution in [-0.2, 0) is 6.42 Å². The summed E-state index contributed by atoms with van der Waals surface area (Å²) >= 11 is 0. The number of allylic oxidation sites excluding steroid dienone is 1. The van der Waals surface area contributed by atoms with Crippen LogP contribution < -0.4 is 0 Å². The molecule has 0 spiro atoms. The number of benzene rings is 2. The van der Waals surface area contributed by atoms with Crippen molar-refractivity contribution in [3.05, 3.63) is 75.3 Å². The fraction of sp³-hybridized carbons (Fsp3) is 0.125. The maximum absolute atomic E-state index is 10.5. The molecule has 0 saturated carbocycles. The number of nitrogens with zero attached hydrogens (tertiary/aromatic N) is 1. The Morgan fingerprint density at radius 1 is 1.20 bits per heavy atom. The Hall–Kier alpha value is -2.62. The first kappa shape index (κ1) is 13.8. The van der Waals surface area contributed by atoms with E-state index in [-0.39, 0.29) is 5.69 Å². The van der Waals surface area contributed by atoms with E-state index in [9.17, 15) is 15.2 Å². The topological polar surface area (TPSA) is 63.4 Å². The van der Waals surface area contributed by atoms with Crippen LogP contribution in [0.25, 0.3) is 6.08 Å². The van der Waals surface area contributed by atoms with Gasteiger partial charge in [-0.15, -0.1) is 0 Å². The van der Waals surface area contributed by atoms with Gasteiger partial charge in [0.2, 0.25) is 0 Å². The van der Waals surface area contributed by atoms with Crippen molar-refractivity contribution in [2.45, 2.75) is 13.3 Å². The normalized spacial score (nSPS) is 10.8. The van der Waals surface area contributed by atoms with Crippen molar-refractivity contribution in [1.29, 1.82) is 0 Å². The summed E-state index contributed by atoms with van der Waals surface area (Å²) in [5.41, 5.74) is 2.91. The average Bonchev–Trinajstić information content (AvgIpc) is 2.42. The molecule has 2 rings (SSSR count). The van der Waals surface area contributed by atoms with E-state index in [2.05, 4.69) is 0 Å². The van der Waals surface area contributed by atoms with Crippen molar-refractivity contribution in [1.82, 2.24) is 0 Å². The molecule has 0 aliphatic carbocycles. The molecule has 2 aromatic rings. The van der Waals surface area contributed by atoms with Gasteiger partial charge in [-0.2, -0.15) is 0 Å². The van der Waals surface area contributed by atoms with Crippen LogP contribution in [-0.4, -0.2) is 10.0 Å². The van der Waals surface area contributed by atoms with Gasteiger partial charge < -0.3 is 5.11 Å². The van der Waals surface area contributed by atoms with Gasteiger partial charge in [-0.3, -0.25) is 10.1 Å². The maximum Gasteiger partial charge on any atom is 0.269 e. The van der Waals surface area contributed by atoms with Crippen LogP contribution in [0.3, 0.4) is 0 Å². The number of phenolic OH excluding ortho intramolecular Hbond substituents is 1. The number of hydrogen-bond donors (Lipinski definition) is 1. The van der Waals surface area contributed by atoms with Gasteiger partial charge in [0.1, 0.15) is 5.75 Å². The zero-order chi connectivity index (χ0) is 14.5. The summed E-state index contributed by atoms with van der Waals surface area (Å²) in [6, 6.07) is 11.8. The molecule has 0 unspecified atom stereocenters. The standard InChI is InChI=1S/C16H15NO3/c1-12-4-2-7-16(18)15(12)6-3-5-13-8-10-14(11-9-13)17(19)20/h2-5,7-11,18H,6H2,1H3/b5-3+. The van der Waals surface area contributed by atoms with Gasteiger partial charge in [0.05, 0.1) is 4.92 Å². The molecule has 20 heavy (non-hydrogen) atoms. The highest BCUT2D eigenvalue weighted by Crippen LogP contribution is 2.21. The van der Waals surface area contributed by atoms with E-state index < -0.39 is 4.92 Å². The van der Waals surface area contributed by atoms with Crippen LogP contribution in [0.4, 0.5) is 5.69 Å². The van der Waals surface area contributed by atoms with E-state index in [0.717, 1.165) is 16.7 Å². The molecular formula is C16H15NO3. The van der Waals surface area contributed by atoms with Crippen molar-refractivity contribution in [3.63, 3.8) is 0 Å². The highest BCUT2D eigenvalue weighted by molar-refractivity contribution is 5.53. The summed E-state index contributed by atoms with van der Waals surface area (Å²) in [4.78, 5) is 10.1. The summed E-state index contributed by atoms with van der Waals surface area (Å²) in [7, 11) is 0. The Balaban J connectivity index is 2.08. The van der Waals surface area contributed by atoms with Gasteiger partial charge in [0, 0.05) is 17.7 Å². The Morgan fingerprint density at radius 3 is 2.50 bits per heavy atom. The van der Waals surface area contributed by atoms with E-state index in [1.807, 2.05) is 31.2 Å². The Morgan fingerprint density at radius 2 is 1.90 bits per heavy atom. The van der Waals surface area contributed by atoms with Crippen molar-refractivity contribution in [2.75, 3.05) is 0 Å². The second kappa shape index (κ2) is 6.02. The summed E-state index contributed by atoms with van der Waals surface area (Å²) in [5, 5.41) is 20.3. The quantitative estimate of drug-likeness (QED) is 0.677. The number of aromatic hydroxyl groups is 1. The van der Waals surface area contributed by atoms with Crippen LogP contribution >= 0.6 is 0 Å². The maximum atomic E-state index is 10.5. The highest BCUT2D eigenvalue weighted by atomic mass is 16.6. The number of phenols is 1. The van der Waals surface area contributed by atoms with E-state index in [4.69, 9.17) is 0 Å². The summed E-state index contributed by atoms with van der Waals surface area (Å²) < 4.78 is 0. The first-order chi connectivity index (χ1) is 9.58. The molecule has 4 heteroatoms. The molecular weight excluding hydrogens is 254 g/mol. The largest absolute Gasteiger partial charge is 0.508 e. The van der Waals surface area contributed by atoms with E-state index >= 15 is 0 Å². The van der Waals surface area contributed by atoms with Crippen LogP contribution in [0.1, 0.15) is 16.7 Å². The lowest BCUT2D eigenvalue weighted by Gasteiger charge is -2.04. The molecule has 1 N–H and O–H groups in total. The summed E-state index contributed by atoms with van der Waals surface area (Å²) in [6.07, 6.45) is 4.44. The van der Waals surface area contributed by atoms with Crippen LogP contribution in [0.15, 0.2) is 48.5 Å². The van der Waals surface area contributed by atoms with Gasteiger partial charge in [0.25, 0.3) is 5.69 Å². The fourth-order valence-corrected chi connectivity index (χ4v) is 1.97. The molecule has 0 radical (unpaired) electrons. The number of hydrogen-bond acceptors (Lipinski definition) is 3. The molecule has 0 atom stereocenters. The SMILES string of the molecule is Cc1cccc(O)c1C/C=C/c1ccc([N+](=O)[O-])cc1. The zero-order valence-corrected chi connectivity index (χ0v) is 11.1. The number of rotatable bonds is 4. The van der Waals surface area contributed by atoms with Crippen LogP contribution in [0, 0.1) is 17.0 Å². The van der Waals surface area contributed by atoms with Crippen molar-refractivity contribution in [2.24, 2.45) is 0 Å². The summed E-state index contributed by atoms with van der Waals surface area (Å²) in [6.45, 7) is 1.95. The van der Waals surface area contributed by atoms with Crippen LogP contribution in [0.5, 0.6) is 5.75 Å². The minimum absolute atomic E-state index is 0.0821. The molecule has 4 nitrogen and oxygen atoms in total. The van der Waals surface area contributed by atoms with E-state index in [1.54, 1.807) is 18.2 Å². The van der Waals surface area contributed by atoms with E-state index in [1.165, 1.54) is 12.1 Å². The molecule has 0 aliphatic heterocycles. The molecule has 2 aromatic carbocycles. The Labute approximate surface area is 117 Å². The first-order valence-corrected chi connectivity index (χ1v) is 6.26. The molecule has 0 aliphatic rings. The van der Waals surface area contributed by atoms with E-state index in [0.29, 0.717) is 12.2 Å². The third-order valence-corrected chi connectivity index (χ3v) is 3.12. The third kappa shape index (κ3) is 3.23. The molecule has 0 saturated heterocycles. The first-order valence-electron chi connectivity index (χ1n) is 6.26. The van der Waals surface area contributed by atoms with Gasteiger partial charge in [-0.1, -0.05) is 24.3 Å². The van der Waals surface area contributed by atoms with Crippen molar-refractivity contribution < 1.29 is 10.0 Å². The molecule has 0 fully saturated rings. The molecule has 0 bridgehead atoms. The minimum Gasteiger partial charge on any atom is -0.508 e. The van der Waals surface area contributed by atoms with Gasteiger partial charge in [-0.25, -0.2) is 0 Å². The zero-order valence-electron chi connectivity index (χ0n) is 11.1. The molecule has 102 valence electrons. The predicted molar refractivity (Wildman–Crippen MR) is 78.7 cm³/mol. The van der Waals surface area contributed by atoms with Gasteiger partial charge >= 0.3 is 0 Å². The number of nitro groups is 1. The monoisotopic (exact) mass is 269 g/mol. The smallest absolute Gasteiger partial charge is 0.269 e. The molecule has 0 amide bonds. The number of non-ortho nitro benzene ring substituents is 1. The Kier molecular flexibility index (Phi) is 4.15. The second-order valence-corrected chi connectivity index (χ2v) is 4.53.